The average Bonchev–Trinajstić information content (AvgIpc) is 3.13. The summed E-state index contributed by atoms with van der Waals surface area (Å²) in [4.78, 5) is 12.1. The summed E-state index contributed by atoms with van der Waals surface area (Å²) in [7, 11) is 0. The van der Waals surface area contributed by atoms with Crippen molar-refractivity contribution < 1.29 is 27.8 Å². The maximum atomic E-state index is 12.4. The summed E-state index contributed by atoms with van der Waals surface area (Å²) in [5.41, 5.74) is 0.354. The normalized spacial score (nSPS) is 17.0. The molecule has 0 bridgehead atoms. The number of hydrogen-bond donors (Lipinski definition) is 1. The van der Waals surface area contributed by atoms with Gasteiger partial charge in [0.15, 0.2) is 11.5 Å². The zero-order chi connectivity index (χ0) is 18.9. The molecule has 8 heteroatoms. The second-order valence-electron chi connectivity index (χ2n) is 5.53. The molecule has 1 N–H and O–H groups in total. The lowest BCUT2D eigenvalue weighted by Gasteiger charge is -2.12. The SMILES string of the molecule is CCOc1cc(/C=C(\C#N)C(=O)NCC2CCCO2)ccc1OC(F)F. The third-order valence-electron chi connectivity index (χ3n) is 3.67. The first-order valence-corrected chi connectivity index (χ1v) is 8.26. The molecule has 26 heavy (non-hydrogen) atoms. The van der Waals surface area contributed by atoms with Gasteiger partial charge < -0.3 is 19.5 Å². The second kappa shape index (κ2) is 9.73. The van der Waals surface area contributed by atoms with E-state index in [4.69, 9.17) is 9.47 Å². The van der Waals surface area contributed by atoms with E-state index in [1.165, 1.54) is 24.3 Å². The first-order valence-electron chi connectivity index (χ1n) is 8.26. The first kappa shape index (κ1) is 19.7. The van der Waals surface area contributed by atoms with Crippen molar-refractivity contribution in [1.82, 2.24) is 5.32 Å². The summed E-state index contributed by atoms with van der Waals surface area (Å²) in [5.74, 6) is -0.521. The van der Waals surface area contributed by atoms with Crippen LogP contribution in [-0.4, -0.2) is 38.4 Å². The lowest BCUT2D eigenvalue weighted by atomic mass is 10.1. The van der Waals surface area contributed by atoms with Crippen LogP contribution in [0.5, 0.6) is 11.5 Å². The molecule has 0 radical (unpaired) electrons. The van der Waals surface area contributed by atoms with Gasteiger partial charge in [-0.1, -0.05) is 6.07 Å². The van der Waals surface area contributed by atoms with Gasteiger partial charge in [0.05, 0.1) is 12.7 Å². The van der Waals surface area contributed by atoms with E-state index in [2.05, 4.69) is 10.1 Å². The van der Waals surface area contributed by atoms with Gasteiger partial charge in [-0.2, -0.15) is 14.0 Å². The van der Waals surface area contributed by atoms with Crippen molar-refractivity contribution in [3.05, 3.63) is 29.3 Å². The van der Waals surface area contributed by atoms with Gasteiger partial charge in [-0.05, 0) is 43.5 Å². The fourth-order valence-corrected chi connectivity index (χ4v) is 2.50. The van der Waals surface area contributed by atoms with E-state index in [1.54, 1.807) is 6.92 Å². The van der Waals surface area contributed by atoms with E-state index in [0.717, 1.165) is 12.8 Å². The molecule has 0 aromatic heterocycles. The number of halogens is 2. The Labute approximate surface area is 150 Å². The molecule has 0 spiro atoms. The molecule has 140 valence electrons. The molecule has 1 heterocycles. The van der Waals surface area contributed by atoms with Crippen molar-refractivity contribution in [2.45, 2.75) is 32.5 Å². The Balaban J connectivity index is 2.12. The zero-order valence-electron chi connectivity index (χ0n) is 14.3. The summed E-state index contributed by atoms with van der Waals surface area (Å²) < 4.78 is 39.9. The number of rotatable bonds is 8. The van der Waals surface area contributed by atoms with E-state index in [0.29, 0.717) is 18.7 Å². The van der Waals surface area contributed by atoms with Gasteiger partial charge in [-0.25, -0.2) is 0 Å². The largest absolute Gasteiger partial charge is 0.490 e. The van der Waals surface area contributed by atoms with Crippen molar-refractivity contribution >= 4 is 12.0 Å². The molecule has 0 saturated carbocycles. The van der Waals surface area contributed by atoms with Crippen LogP contribution in [0.3, 0.4) is 0 Å². The van der Waals surface area contributed by atoms with E-state index in [9.17, 15) is 18.8 Å². The molecule has 1 atom stereocenters. The van der Waals surface area contributed by atoms with Crippen LogP contribution in [0.1, 0.15) is 25.3 Å². The highest BCUT2D eigenvalue weighted by atomic mass is 19.3. The Morgan fingerprint density at radius 3 is 2.92 bits per heavy atom. The maximum absolute atomic E-state index is 12.4. The molecular weight excluding hydrogens is 346 g/mol. The smallest absolute Gasteiger partial charge is 0.387 e. The van der Waals surface area contributed by atoms with E-state index < -0.39 is 12.5 Å². The molecule has 1 amide bonds. The molecule has 1 unspecified atom stereocenters. The minimum absolute atomic E-state index is 0.0331. The number of benzene rings is 1. The third kappa shape index (κ3) is 5.70. The number of ether oxygens (including phenoxy) is 3. The van der Waals surface area contributed by atoms with E-state index >= 15 is 0 Å². The Hall–Kier alpha value is -2.66. The first-order chi connectivity index (χ1) is 12.5. The maximum Gasteiger partial charge on any atom is 0.387 e. The lowest BCUT2D eigenvalue weighted by molar-refractivity contribution is -0.117. The number of nitrogens with one attached hydrogen (secondary N) is 1. The number of carbonyl (C=O) groups is 1. The lowest BCUT2D eigenvalue weighted by Crippen LogP contribution is -2.32. The van der Waals surface area contributed by atoms with Crippen LogP contribution in [-0.2, 0) is 9.53 Å². The number of nitrogens with zero attached hydrogens (tertiary/aromatic N) is 1. The topological polar surface area (TPSA) is 80.6 Å². The summed E-state index contributed by atoms with van der Waals surface area (Å²) >= 11 is 0. The fraction of sp³-hybridized carbons (Fsp3) is 0.444. The van der Waals surface area contributed by atoms with Gasteiger partial charge in [-0.3, -0.25) is 4.79 Å². The average molecular weight is 366 g/mol. The highest BCUT2D eigenvalue weighted by Crippen LogP contribution is 2.30. The molecule has 6 nitrogen and oxygen atoms in total. The summed E-state index contributed by atoms with van der Waals surface area (Å²) in [6, 6.07) is 6.05. The van der Waals surface area contributed by atoms with Crippen LogP contribution in [0.25, 0.3) is 6.08 Å². The van der Waals surface area contributed by atoms with Crippen molar-refractivity contribution in [3.63, 3.8) is 0 Å². The molecule has 1 fully saturated rings. The molecule has 0 aliphatic carbocycles. The van der Waals surface area contributed by atoms with Crippen LogP contribution in [0.15, 0.2) is 23.8 Å². The zero-order valence-corrected chi connectivity index (χ0v) is 14.3. The molecule has 2 rings (SSSR count). The van der Waals surface area contributed by atoms with Gasteiger partial charge in [0.25, 0.3) is 5.91 Å². The number of alkyl halides is 2. The van der Waals surface area contributed by atoms with Crippen LogP contribution < -0.4 is 14.8 Å². The molecule has 1 aromatic rings. The molecular formula is C18H20F2N2O4. The fourth-order valence-electron chi connectivity index (χ4n) is 2.50. The standard InChI is InChI=1S/C18H20F2N2O4/c1-2-24-16-9-12(5-6-15(16)26-18(19)20)8-13(10-21)17(23)22-11-14-4-3-7-25-14/h5-6,8-9,14,18H,2-4,7,11H2,1H3,(H,22,23)/b13-8+. The molecule has 1 aliphatic heterocycles. The highest BCUT2D eigenvalue weighted by Gasteiger charge is 2.18. The molecule has 1 aliphatic rings. The number of hydrogen-bond acceptors (Lipinski definition) is 5. The summed E-state index contributed by atoms with van der Waals surface area (Å²) in [6.45, 7) is -0.0140. The van der Waals surface area contributed by atoms with Gasteiger partial charge in [0, 0.05) is 13.2 Å². The minimum atomic E-state index is -2.98. The Bertz CT molecular complexity index is 695. The third-order valence-corrected chi connectivity index (χ3v) is 3.67. The van der Waals surface area contributed by atoms with Gasteiger partial charge in [-0.15, -0.1) is 0 Å². The van der Waals surface area contributed by atoms with Gasteiger partial charge in [0.1, 0.15) is 11.6 Å². The predicted octanol–water partition coefficient (Wildman–Crippen LogP) is 2.89. The number of nitriles is 1. The second-order valence-corrected chi connectivity index (χ2v) is 5.53. The van der Waals surface area contributed by atoms with Gasteiger partial charge in [0.2, 0.25) is 0 Å². The Morgan fingerprint density at radius 2 is 2.31 bits per heavy atom. The van der Waals surface area contributed by atoms with Crippen molar-refractivity contribution in [3.8, 4) is 17.6 Å². The predicted molar refractivity (Wildman–Crippen MR) is 89.8 cm³/mol. The van der Waals surface area contributed by atoms with Crippen molar-refractivity contribution in [1.29, 1.82) is 5.26 Å². The summed E-state index contributed by atoms with van der Waals surface area (Å²) in [5, 5.41) is 11.9. The molecule has 1 saturated heterocycles. The Kier molecular flexibility index (Phi) is 7.36. The Morgan fingerprint density at radius 1 is 1.50 bits per heavy atom. The number of carbonyl (C=O) groups excluding carboxylic acids is 1. The summed E-state index contributed by atoms with van der Waals surface area (Å²) in [6.07, 6.45) is 3.15. The van der Waals surface area contributed by atoms with Crippen LogP contribution in [0, 0.1) is 11.3 Å². The quantitative estimate of drug-likeness (QED) is 0.565. The van der Waals surface area contributed by atoms with Crippen LogP contribution in [0.4, 0.5) is 8.78 Å². The highest BCUT2D eigenvalue weighted by molar-refractivity contribution is 6.01. The van der Waals surface area contributed by atoms with Crippen molar-refractivity contribution in [2.24, 2.45) is 0 Å². The molecule has 1 aromatic carbocycles. The van der Waals surface area contributed by atoms with Crippen LogP contribution in [0.2, 0.25) is 0 Å². The van der Waals surface area contributed by atoms with E-state index in [1.807, 2.05) is 6.07 Å². The van der Waals surface area contributed by atoms with Gasteiger partial charge >= 0.3 is 6.61 Å². The minimum Gasteiger partial charge on any atom is -0.490 e. The monoisotopic (exact) mass is 366 g/mol. The van der Waals surface area contributed by atoms with E-state index in [-0.39, 0.29) is 29.8 Å². The number of amides is 1. The van der Waals surface area contributed by atoms with Crippen LogP contribution >= 0.6 is 0 Å². The van der Waals surface area contributed by atoms with Crippen molar-refractivity contribution in [2.75, 3.05) is 19.8 Å².